The highest BCUT2D eigenvalue weighted by Gasteiger charge is 2.27. The Kier molecular flexibility index (Phi) is 5.07. The summed E-state index contributed by atoms with van der Waals surface area (Å²) in [7, 11) is -5.73. The smallest absolute Gasteiger partial charge is 0.243 e. The molecule has 0 saturated heterocycles. The normalized spacial score (nSPS) is 13.2. The molecule has 0 aliphatic carbocycles. The summed E-state index contributed by atoms with van der Waals surface area (Å²) >= 11 is 0. The molecule has 21 heavy (non-hydrogen) atoms. The molecule has 0 aliphatic rings. The van der Waals surface area contributed by atoms with Crippen LogP contribution in [0.4, 0.5) is 5.69 Å². The third-order valence-electron chi connectivity index (χ3n) is 3.23. The van der Waals surface area contributed by atoms with Gasteiger partial charge < -0.3 is 5.32 Å². The van der Waals surface area contributed by atoms with Crippen molar-refractivity contribution in [1.29, 1.82) is 0 Å². The molecule has 0 atom stereocenters. The summed E-state index contributed by atoms with van der Waals surface area (Å²) < 4.78 is 50.9. The van der Waals surface area contributed by atoms with Crippen LogP contribution in [0.5, 0.6) is 0 Å². The van der Waals surface area contributed by atoms with E-state index in [2.05, 4.69) is 10.0 Å². The predicted molar refractivity (Wildman–Crippen MR) is 83.8 cm³/mol. The SMILES string of the molecule is CCC(C)(C)NS(=O)(=O)c1cc(S(C)(=O)=O)ccc1NC. The second-order valence-electron chi connectivity index (χ2n) is 5.52. The van der Waals surface area contributed by atoms with E-state index < -0.39 is 25.4 Å². The Morgan fingerprint density at radius 1 is 1.14 bits per heavy atom. The lowest BCUT2D eigenvalue weighted by molar-refractivity contribution is 0.439. The molecule has 1 rings (SSSR count). The van der Waals surface area contributed by atoms with Crippen LogP contribution in [0.3, 0.4) is 0 Å². The number of hydrogen-bond acceptors (Lipinski definition) is 5. The molecule has 120 valence electrons. The Labute approximate surface area is 126 Å². The summed E-state index contributed by atoms with van der Waals surface area (Å²) in [6.45, 7) is 5.41. The minimum atomic E-state index is -3.83. The number of rotatable bonds is 6. The largest absolute Gasteiger partial charge is 0.387 e. The summed E-state index contributed by atoms with van der Waals surface area (Å²) in [5, 5.41) is 2.77. The lowest BCUT2D eigenvalue weighted by atomic mass is 10.0. The van der Waals surface area contributed by atoms with Gasteiger partial charge in [0.25, 0.3) is 0 Å². The van der Waals surface area contributed by atoms with Crippen molar-refractivity contribution in [3.8, 4) is 0 Å². The van der Waals surface area contributed by atoms with Crippen LogP contribution in [0.15, 0.2) is 28.0 Å². The molecule has 0 spiro atoms. The van der Waals surface area contributed by atoms with Crippen LogP contribution in [0, 0.1) is 0 Å². The number of anilines is 1. The van der Waals surface area contributed by atoms with Gasteiger partial charge in [-0.25, -0.2) is 21.6 Å². The molecule has 0 radical (unpaired) electrons. The van der Waals surface area contributed by atoms with Crippen molar-refractivity contribution in [3.63, 3.8) is 0 Å². The maximum atomic E-state index is 12.5. The van der Waals surface area contributed by atoms with Crippen LogP contribution < -0.4 is 10.0 Å². The van der Waals surface area contributed by atoms with E-state index in [4.69, 9.17) is 0 Å². The van der Waals surface area contributed by atoms with E-state index in [0.29, 0.717) is 12.1 Å². The van der Waals surface area contributed by atoms with Crippen LogP contribution in [0.25, 0.3) is 0 Å². The third-order valence-corrected chi connectivity index (χ3v) is 6.08. The van der Waals surface area contributed by atoms with Gasteiger partial charge in [-0.15, -0.1) is 0 Å². The van der Waals surface area contributed by atoms with E-state index in [1.165, 1.54) is 18.2 Å². The van der Waals surface area contributed by atoms with Crippen LogP contribution in [-0.4, -0.2) is 35.7 Å². The maximum absolute atomic E-state index is 12.5. The average molecular weight is 334 g/mol. The zero-order valence-corrected chi connectivity index (χ0v) is 14.5. The summed E-state index contributed by atoms with van der Waals surface area (Å²) in [5.41, 5.74) is -0.271. The summed E-state index contributed by atoms with van der Waals surface area (Å²) in [5.74, 6) is 0. The third kappa shape index (κ3) is 4.42. The lowest BCUT2D eigenvalue weighted by Gasteiger charge is -2.25. The van der Waals surface area contributed by atoms with E-state index in [-0.39, 0.29) is 9.79 Å². The Hall–Kier alpha value is -1.12. The number of sulfonamides is 1. The Bertz CT molecular complexity index is 723. The van der Waals surface area contributed by atoms with Gasteiger partial charge in [0, 0.05) is 18.8 Å². The zero-order chi connectivity index (χ0) is 16.5. The molecular formula is C13H22N2O4S2. The van der Waals surface area contributed by atoms with Crippen molar-refractivity contribution in [2.45, 2.75) is 42.5 Å². The van der Waals surface area contributed by atoms with Gasteiger partial charge in [-0.2, -0.15) is 0 Å². The molecule has 0 aliphatic heterocycles. The molecule has 8 heteroatoms. The molecule has 0 heterocycles. The molecular weight excluding hydrogens is 312 g/mol. The van der Waals surface area contributed by atoms with Crippen molar-refractivity contribution in [1.82, 2.24) is 4.72 Å². The quantitative estimate of drug-likeness (QED) is 0.824. The fourth-order valence-corrected chi connectivity index (χ4v) is 4.10. The maximum Gasteiger partial charge on any atom is 0.243 e. The first kappa shape index (κ1) is 17.9. The summed E-state index contributed by atoms with van der Waals surface area (Å²) in [6, 6.07) is 4.00. The zero-order valence-electron chi connectivity index (χ0n) is 12.9. The van der Waals surface area contributed by atoms with Crippen molar-refractivity contribution >= 4 is 25.5 Å². The lowest BCUT2D eigenvalue weighted by Crippen LogP contribution is -2.42. The van der Waals surface area contributed by atoms with Crippen molar-refractivity contribution in [2.75, 3.05) is 18.6 Å². The monoisotopic (exact) mass is 334 g/mol. The van der Waals surface area contributed by atoms with Gasteiger partial charge in [0.05, 0.1) is 10.6 Å². The van der Waals surface area contributed by atoms with E-state index >= 15 is 0 Å². The highest BCUT2D eigenvalue weighted by atomic mass is 32.2. The average Bonchev–Trinajstić information content (AvgIpc) is 2.35. The van der Waals surface area contributed by atoms with Gasteiger partial charge in [-0.3, -0.25) is 0 Å². The first-order chi connectivity index (χ1) is 9.43. The number of hydrogen-bond donors (Lipinski definition) is 2. The van der Waals surface area contributed by atoms with Crippen molar-refractivity contribution < 1.29 is 16.8 Å². The fraction of sp³-hybridized carbons (Fsp3) is 0.538. The fourth-order valence-electron chi connectivity index (χ4n) is 1.65. The van der Waals surface area contributed by atoms with Gasteiger partial charge >= 0.3 is 0 Å². The van der Waals surface area contributed by atoms with E-state index in [1.54, 1.807) is 20.9 Å². The van der Waals surface area contributed by atoms with E-state index in [9.17, 15) is 16.8 Å². The minimum Gasteiger partial charge on any atom is -0.387 e. The highest BCUT2D eigenvalue weighted by Crippen LogP contribution is 2.26. The molecule has 0 aromatic heterocycles. The Morgan fingerprint density at radius 2 is 1.71 bits per heavy atom. The first-order valence-electron chi connectivity index (χ1n) is 6.49. The number of nitrogens with one attached hydrogen (secondary N) is 2. The molecule has 0 fully saturated rings. The van der Waals surface area contributed by atoms with E-state index in [1.807, 2.05) is 6.92 Å². The first-order valence-corrected chi connectivity index (χ1v) is 9.86. The van der Waals surface area contributed by atoms with Crippen molar-refractivity contribution in [3.05, 3.63) is 18.2 Å². The molecule has 6 nitrogen and oxygen atoms in total. The molecule has 0 unspecified atom stereocenters. The molecule has 0 saturated carbocycles. The van der Waals surface area contributed by atoms with Crippen LogP contribution in [0.2, 0.25) is 0 Å². The predicted octanol–water partition coefficient (Wildman–Crippen LogP) is 1.60. The van der Waals surface area contributed by atoms with Crippen molar-refractivity contribution in [2.24, 2.45) is 0 Å². The molecule has 0 amide bonds. The van der Waals surface area contributed by atoms with E-state index in [0.717, 1.165) is 6.26 Å². The highest BCUT2D eigenvalue weighted by molar-refractivity contribution is 7.91. The topological polar surface area (TPSA) is 92.3 Å². The molecule has 1 aromatic carbocycles. The second kappa shape index (κ2) is 5.94. The van der Waals surface area contributed by atoms with Crippen LogP contribution in [0.1, 0.15) is 27.2 Å². The van der Waals surface area contributed by atoms with Crippen LogP contribution >= 0.6 is 0 Å². The number of sulfone groups is 1. The Balaban J connectivity index is 3.46. The van der Waals surface area contributed by atoms with Gasteiger partial charge in [-0.05, 0) is 38.5 Å². The molecule has 1 aromatic rings. The molecule has 2 N–H and O–H groups in total. The number of benzene rings is 1. The van der Waals surface area contributed by atoms with Gasteiger partial charge in [-0.1, -0.05) is 6.92 Å². The second-order valence-corrected chi connectivity index (χ2v) is 9.19. The summed E-state index contributed by atoms with van der Waals surface area (Å²) in [4.78, 5) is -0.106. The van der Waals surface area contributed by atoms with Crippen LogP contribution in [-0.2, 0) is 19.9 Å². The summed E-state index contributed by atoms with van der Waals surface area (Å²) in [6.07, 6.45) is 1.65. The van der Waals surface area contributed by atoms with Gasteiger partial charge in [0.1, 0.15) is 4.90 Å². The van der Waals surface area contributed by atoms with Gasteiger partial charge in [0.2, 0.25) is 10.0 Å². The Morgan fingerprint density at radius 3 is 2.14 bits per heavy atom. The standard InChI is InChI=1S/C13H22N2O4S2/c1-6-13(2,3)15-21(18,19)12-9-10(20(5,16)17)7-8-11(12)14-4/h7-9,14-15H,6H2,1-5H3. The molecule has 0 bridgehead atoms. The minimum absolute atomic E-state index is 0.0313. The van der Waals surface area contributed by atoms with Gasteiger partial charge in [0.15, 0.2) is 9.84 Å².